The van der Waals surface area contributed by atoms with Crippen molar-refractivity contribution in [3.63, 3.8) is 0 Å². The van der Waals surface area contributed by atoms with Crippen molar-refractivity contribution in [2.24, 2.45) is 5.92 Å². The first kappa shape index (κ1) is 16.1. The van der Waals surface area contributed by atoms with E-state index in [9.17, 15) is 4.79 Å². The quantitative estimate of drug-likeness (QED) is 0.768. The molecule has 2 N–H and O–H groups in total. The molecule has 1 fully saturated rings. The number of carbonyl (C=O) groups excluding carboxylic acids is 1. The van der Waals surface area contributed by atoms with Crippen LogP contribution in [-0.4, -0.2) is 37.0 Å². The summed E-state index contributed by atoms with van der Waals surface area (Å²) in [7, 11) is 0. The molecule has 0 aliphatic carbocycles. The Hall–Kier alpha value is 0.0700. The van der Waals surface area contributed by atoms with Gasteiger partial charge in [-0.1, -0.05) is 6.92 Å². The van der Waals surface area contributed by atoms with Gasteiger partial charge in [0, 0.05) is 24.3 Å². The van der Waals surface area contributed by atoms with E-state index in [1.165, 1.54) is 12.8 Å². The number of hydrogen-bond acceptors (Lipinski definition) is 3. The molecule has 1 aliphatic heterocycles. The van der Waals surface area contributed by atoms with E-state index < -0.39 is 0 Å². The van der Waals surface area contributed by atoms with Gasteiger partial charge in [0.15, 0.2) is 0 Å². The van der Waals surface area contributed by atoms with Crippen LogP contribution in [0, 0.1) is 5.92 Å². The summed E-state index contributed by atoms with van der Waals surface area (Å²) in [5.41, 5.74) is 0. The zero-order valence-corrected chi connectivity index (χ0v) is 11.8. The van der Waals surface area contributed by atoms with Crippen molar-refractivity contribution in [1.82, 2.24) is 10.6 Å². The van der Waals surface area contributed by atoms with Gasteiger partial charge in [0.05, 0.1) is 0 Å². The Morgan fingerprint density at radius 1 is 1.62 bits per heavy atom. The van der Waals surface area contributed by atoms with Gasteiger partial charge in [-0.25, -0.2) is 0 Å². The molecule has 1 aliphatic rings. The van der Waals surface area contributed by atoms with Crippen LogP contribution in [0.2, 0.25) is 0 Å². The molecule has 0 aromatic heterocycles. The molecule has 96 valence electrons. The maximum absolute atomic E-state index is 11.6. The minimum absolute atomic E-state index is 0. The lowest BCUT2D eigenvalue weighted by molar-refractivity contribution is -0.123. The van der Waals surface area contributed by atoms with Gasteiger partial charge in [-0.2, -0.15) is 11.8 Å². The summed E-state index contributed by atoms with van der Waals surface area (Å²) in [5.74, 6) is 1.24. The fraction of sp³-hybridized carbons (Fsp3) is 0.909. The first-order valence-corrected chi connectivity index (χ1v) is 7.13. The molecular weight excluding hydrogens is 244 g/mol. The van der Waals surface area contributed by atoms with E-state index in [2.05, 4.69) is 10.6 Å². The third-order valence-corrected chi connectivity index (χ3v) is 3.65. The lowest BCUT2D eigenvalue weighted by atomic mass is 10.1. The molecule has 1 heterocycles. The van der Waals surface area contributed by atoms with Crippen LogP contribution in [0.25, 0.3) is 0 Å². The summed E-state index contributed by atoms with van der Waals surface area (Å²) in [6.45, 7) is 3.94. The van der Waals surface area contributed by atoms with Crippen LogP contribution in [0.15, 0.2) is 0 Å². The van der Waals surface area contributed by atoms with Gasteiger partial charge in [-0.3, -0.25) is 4.79 Å². The highest BCUT2D eigenvalue weighted by Crippen LogP contribution is 2.08. The number of rotatable bonds is 6. The Morgan fingerprint density at radius 3 is 2.94 bits per heavy atom. The molecule has 0 aromatic carbocycles. The Bertz CT molecular complexity index is 198. The highest BCUT2D eigenvalue weighted by molar-refractivity contribution is 7.98. The minimum Gasteiger partial charge on any atom is -0.356 e. The molecule has 3 nitrogen and oxygen atoms in total. The summed E-state index contributed by atoms with van der Waals surface area (Å²) < 4.78 is 0. The number of carbonyl (C=O) groups is 1. The van der Waals surface area contributed by atoms with Gasteiger partial charge >= 0.3 is 0 Å². The van der Waals surface area contributed by atoms with E-state index in [-0.39, 0.29) is 24.2 Å². The Kier molecular flexibility index (Phi) is 9.18. The number of hydrogen-bond donors (Lipinski definition) is 2. The maximum atomic E-state index is 11.6. The van der Waals surface area contributed by atoms with E-state index in [0.29, 0.717) is 6.04 Å². The molecule has 5 heteroatoms. The second kappa shape index (κ2) is 9.14. The third kappa shape index (κ3) is 5.97. The summed E-state index contributed by atoms with van der Waals surface area (Å²) in [5, 5.41) is 6.43. The number of halogens is 1. The van der Waals surface area contributed by atoms with E-state index in [1.54, 1.807) is 11.8 Å². The average molecular weight is 267 g/mol. The predicted octanol–water partition coefficient (Wildman–Crippen LogP) is 1.67. The molecule has 2 atom stereocenters. The van der Waals surface area contributed by atoms with Crippen LogP contribution < -0.4 is 10.6 Å². The Balaban J connectivity index is 0.00000225. The lowest BCUT2D eigenvalue weighted by Gasteiger charge is -2.13. The van der Waals surface area contributed by atoms with Crippen molar-refractivity contribution >= 4 is 30.1 Å². The van der Waals surface area contributed by atoms with Gasteiger partial charge in [0.25, 0.3) is 0 Å². The zero-order valence-electron chi connectivity index (χ0n) is 10.1. The number of nitrogens with one attached hydrogen (secondary N) is 2. The second-order valence-electron chi connectivity index (χ2n) is 4.23. The van der Waals surface area contributed by atoms with Gasteiger partial charge in [0.2, 0.25) is 5.91 Å². The molecular formula is C11H23ClN2OS. The lowest BCUT2D eigenvalue weighted by Crippen LogP contribution is -2.34. The molecule has 0 spiro atoms. The number of thioether (sulfide) groups is 1. The molecule has 0 saturated carbocycles. The predicted molar refractivity (Wildman–Crippen MR) is 73.4 cm³/mol. The molecule has 1 saturated heterocycles. The SMILES string of the molecule is CSCC(C)C(=O)NCC[C@H]1CCCN1.Cl. The minimum atomic E-state index is 0. The fourth-order valence-corrected chi connectivity index (χ4v) is 2.52. The average Bonchev–Trinajstić information content (AvgIpc) is 2.71. The standard InChI is InChI=1S/C11H22N2OS.ClH/c1-9(8-15-2)11(14)13-7-5-10-4-3-6-12-10;/h9-10,12H,3-8H2,1-2H3,(H,13,14);1H/t9?,10-;/m1./s1. The van der Waals surface area contributed by atoms with Crippen molar-refractivity contribution in [2.45, 2.75) is 32.2 Å². The van der Waals surface area contributed by atoms with E-state index >= 15 is 0 Å². The molecule has 1 amide bonds. The van der Waals surface area contributed by atoms with Gasteiger partial charge in [-0.05, 0) is 32.1 Å². The Labute approximate surface area is 109 Å². The fourth-order valence-electron chi connectivity index (χ4n) is 1.87. The third-order valence-electron chi connectivity index (χ3n) is 2.82. The maximum Gasteiger partial charge on any atom is 0.223 e. The summed E-state index contributed by atoms with van der Waals surface area (Å²) in [4.78, 5) is 11.6. The van der Waals surface area contributed by atoms with E-state index in [4.69, 9.17) is 0 Å². The van der Waals surface area contributed by atoms with Crippen LogP contribution in [0.1, 0.15) is 26.2 Å². The second-order valence-corrected chi connectivity index (χ2v) is 5.14. The van der Waals surface area contributed by atoms with Crippen molar-refractivity contribution in [3.8, 4) is 0 Å². The highest BCUT2D eigenvalue weighted by atomic mass is 35.5. The summed E-state index contributed by atoms with van der Waals surface area (Å²) in [6, 6.07) is 0.626. The van der Waals surface area contributed by atoms with Crippen molar-refractivity contribution in [3.05, 3.63) is 0 Å². The largest absolute Gasteiger partial charge is 0.356 e. The topological polar surface area (TPSA) is 41.1 Å². The molecule has 1 unspecified atom stereocenters. The van der Waals surface area contributed by atoms with Crippen LogP contribution >= 0.6 is 24.2 Å². The van der Waals surface area contributed by atoms with E-state index in [1.807, 2.05) is 13.2 Å². The number of amides is 1. The van der Waals surface area contributed by atoms with Crippen LogP contribution in [0.3, 0.4) is 0 Å². The first-order chi connectivity index (χ1) is 7.24. The van der Waals surface area contributed by atoms with Crippen molar-refractivity contribution in [1.29, 1.82) is 0 Å². The normalized spacial score (nSPS) is 21.2. The Morgan fingerprint density at radius 2 is 2.38 bits per heavy atom. The monoisotopic (exact) mass is 266 g/mol. The summed E-state index contributed by atoms with van der Waals surface area (Å²) in [6.07, 6.45) is 5.64. The zero-order chi connectivity index (χ0) is 11.1. The van der Waals surface area contributed by atoms with Crippen LogP contribution in [0.4, 0.5) is 0 Å². The molecule has 1 rings (SSSR count). The van der Waals surface area contributed by atoms with Gasteiger partial charge in [-0.15, -0.1) is 12.4 Å². The molecule has 0 bridgehead atoms. The van der Waals surface area contributed by atoms with Crippen molar-refractivity contribution in [2.75, 3.05) is 25.1 Å². The summed E-state index contributed by atoms with van der Waals surface area (Å²) >= 11 is 1.72. The van der Waals surface area contributed by atoms with Crippen LogP contribution in [-0.2, 0) is 4.79 Å². The van der Waals surface area contributed by atoms with E-state index in [0.717, 1.165) is 25.3 Å². The van der Waals surface area contributed by atoms with Gasteiger partial charge < -0.3 is 10.6 Å². The smallest absolute Gasteiger partial charge is 0.223 e. The van der Waals surface area contributed by atoms with Gasteiger partial charge in [0.1, 0.15) is 0 Å². The highest BCUT2D eigenvalue weighted by Gasteiger charge is 2.15. The molecule has 0 radical (unpaired) electrons. The van der Waals surface area contributed by atoms with Crippen molar-refractivity contribution < 1.29 is 4.79 Å². The molecule has 16 heavy (non-hydrogen) atoms. The first-order valence-electron chi connectivity index (χ1n) is 5.74. The molecule has 0 aromatic rings. The van der Waals surface area contributed by atoms with Crippen LogP contribution in [0.5, 0.6) is 0 Å².